The van der Waals surface area contributed by atoms with Crippen molar-refractivity contribution in [2.75, 3.05) is 0 Å². The number of nitrogens with two attached hydrogens (primary N) is 1. The molecule has 2 N–H and O–H groups in total. The fourth-order valence-electron chi connectivity index (χ4n) is 1.46. The third-order valence-electron chi connectivity index (χ3n) is 3.08. The van der Waals surface area contributed by atoms with E-state index >= 15 is 0 Å². The van der Waals surface area contributed by atoms with Gasteiger partial charge in [-0.1, -0.05) is 20.3 Å². The topological polar surface area (TPSA) is 56.7 Å². The van der Waals surface area contributed by atoms with Crippen LogP contribution in [0.2, 0.25) is 0 Å². The fraction of sp³-hybridized carbons (Fsp3) is 0.800. The van der Waals surface area contributed by atoms with Gasteiger partial charge >= 0.3 is 0 Å². The van der Waals surface area contributed by atoms with Crippen LogP contribution in [0.1, 0.15) is 33.0 Å². The summed E-state index contributed by atoms with van der Waals surface area (Å²) in [4.78, 5) is 4.19. The van der Waals surface area contributed by atoms with Crippen LogP contribution >= 0.6 is 0 Å². The zero-order valence-corrected chi connectivity index (χ0v) is 9.49. The van der Waals surface area contributed by atoms with Crippen molar-refractivity contribution in [3.63, 3.8) is 0 Å². The minimum absolute atomic E-state index is 0.199. The molecule has 0 fully saturated rings. The predicted octanol–water partition coefficient (Wildman–Crippen LogP) is 1.12. The maximum atomic E-state index is 6.25. The molecular formula is C10H20N4. The Morgan fingerprint density at radius 1 is 1.64 bits per heavy atom. The molecule has 0 saturated carbocycles. The van der Waals surface area contributed by atoms with E-state index in [4.69, 9.17) is 5.73 Å². The van der Waals surface area contributed by atoms with Gasteiger partial charge in [0, 0.05) is 19.0 Å². The summed E-state index contributed by atoms with van der Waals surface area (Å²) in [6, 6.07) is 0. The van der Waals surface area contributed by atoms with Crippen molar-refractivity contribution in [3.8, 4) is 0 Å². The Kier molecular flexibility index (Phi) is 3.26. The van der Waals surface area contributed by atoms with Gasteiger partial charge in [0.05, 0.1) is 0 Å². The van der Waals surface area contributed by atoms with Crippen molar-refractivity contribution in [3.05, 3.63) is 12.2 Å². The maximum absolute atomic E-state index is 6.25. The highest BCUT2D eigenvalue weighted by molar-refractivity contribution is 4.96. The van der Waals surface area contributed by atoms with Gasteiger partial charge in [0.1, 0.15) is 12.2 Å². The van der Waals surface area contributed by atoms with E-state index < -0.39 is 0 Å². The third kappa shape index (κ3) is 2.32. The number of rotatable bonds is 4. The molecule has 14 heavy (non-hydrogen) atoms. The third-order valence-corrected chi connectivity index (χ3v) is 3.08. The quantitative estimate of drug-likeness (QED) is 0.785. The van der Waals surface area contributed by atoms with E-state index in [-0.39, 0.29) is 5.54 Å². The van der Waals surface area contributed by atoms with Crippen LogP contribution < -0.4 is 5.73 Å². The standard InChI is InChI=1S/C10H20N4/c1-5-8(2)10(3,11)6-9-12-7-13-14(9)4/h7-8H,5-6,11H2,1-4H3. The summed E-state index contributed by atoms with van der Waals surface area (Å²) in [6.45, 7) is 6.42. The molecule has 1 aromatic heterocycles. The van der Waals surface area contributed by atoms with Gasteiger partial charge in [-0.25, -0.2) is 4.98 Å². The number of aromatic nitrogens is 3. The Morgan fingerprint density at radius 3 is 2.71 bits per heavy atom. The second kappa shape index (κ2) is 4.09. The van der Waals surface area contributed by atoms with Crippen molar-refractivity contribution in [1.82, 2.24) is 14.8 Å². The first-order valence-electron chi connectivity index (χ1n) is 5.09. The highest BCUT2D eigenvalue weighted by atomic mass is 15.3. The van der Waals surface area contributed by atoms with Crippen LogP contribution in [0.4, 0.5) is 0 Å². The lowest BCUT2D eigenvalue weighted by Crippen LogP contribution is -2.45. The molecule has 4 nitrogen and oxygen atoms in total. The smallest absolute Gasteiger partial charge is 0.138 e. The molecule has 2 atom stereocenters. The number of hydrogen-bond donors (Lipinski definition) is 1. The first-order chi connectivity index (χ1) is 6.47. The van der Waals surface area contributed by atoms with Gasteiger partial charge in [0.2, 0.25) is 0 Å². The molecular weight excluding hydrogens is 176 g/mol. The van der Waals surface area contributed by atoms with Crippen LogP contribution in [0.25, 0.3) is 0 Å². The average Bonchev–Trinajstić information content (AvgIpc) is 2.50. The second-order valence-corrected chi connectivity index (χ2v) is 4.29. The van der Waals surface area contributed by atoms with E-state index in [0.29, 0.717) is 5.92 Å². The highest BCUT2D eigenvalue weighted by Crippen LogP contribution is 2.20. The first-order valence-corrected chi connectivity index (χ1v) is 5.09. The summed E-state index contributed by atoms with van der Waals surface area (Å²) >= 11 is 0. The second-order valence-electron chi connectivity index (χ2n) is 4.29. The summed E-state index contributed by atoms with van der Waals surface area (Å²) in [5.74, 6) is 1.44. The molecule has 0 aliphatic heterocycles. The molecule has 1 rings (SSSR count). The lowest BCUT2D eigenvalue weighted by Gasteiger charge is -2.30. The average molecular weight is 196 g/mol. The molecule has 0 bridgehead atoms. The van der Waals surface area contributed by atoms with E-state index in [1.54, 1.807) is 11.0 Å². The normalized spacial score (nSPS) is 17.8. The molecule has 0 aliphatic rings. The Labute approximate surface area is 85.5 Å². The monoisotopic (exact) mass is 196 g/mol. The summed E-state index contributed by atoms with van der Waals surface area (Å²) < 4.78 is 1.79. The molecule has 0 amide bonds. The van der Waals surface area contributed by atoms with Crippen LogP contribution in [0.15, 0.2) is 6.33 Å². The lowest BCUT2D eigenvalue weighted by molar-refractivity contribution is 0.298. The van der Waals surface area contributed by atoms with Crippen molar-refractivity contribution in [1.29, 1.82) is 0 Å². The molecule has 80 valence electrons. The molecule has 0 radical (unpaired) electrons. The Bertz CT molecular complexity index is 290. The summed E-state index contributed by atoms with van der Waals surface area (Å²) in [5, 5.41) is 4.04. The lowest BCUT2D eigenvalue weighted by atomic mass is 9.83. The molecule has 4 heteroatoms. The zero-order chi connectivity index (χ0) is 10.8. The van der Waals surface area contributed by atoms with Crippen molar-refractivity contribution in [2.24, 2.45) is 18.7 Å². The molecule has 1 aromatic rings. The minimum atomic E-state index is -0.199. The van der Waals surface area contributed by atoms with Crippen molar-refractivity contribution >= 4 is 0 Å². The van der Waals surface area contributed by atoms with Crippen LogP contribution in [0.5, 0.6) is 0 Å². The van der Waals surface area contributed by atoms with Crippen LogP contribution in [0, 0.1) is 5.92 Å². The zero-order valence-electron chi connectivity index (χ0n) is 9.49. The predicted molar refractivity (Wildman–Crippen MR) is 56.8 cm³/mol. The van der Waals surface area contributed by atoms with Gasteiger partial charge in [0.25, 0.3) is 0 Å². The summed E-state index contributed by atoms with van der Waals surface area (Å²) in [5.41, 5.74) is 6.05. The molecule has 0 saturated heterocycles. The Balaban J connectivity index is 2.73. The van der Waals surface area contributed by atoms with Gasteiger partial charge < -0.3 is 5.73 Å². The minimum Gasteiger partial charge on any atom is -0.325 e. The van der Waals surface area contributed by atoms with Crippen LogP contribution in [-0.4, -0.2) is 20.3 Å². The number of aryl methyl sites for hydroxylation is 1. The van der Waals surface area contributed by atoms with Gasteiger partial charge in [-0.2, -0.15) is 5.10 Å². The van der Waals surface area contributed by atoms with E-state index in [9.17, 15) is 0 Å². The fourth-order valence-corrected chi connectivity index (χ4v) is 1.46. The maximum Gasteiger partial charge on any atom is 0.138 e. The largest absolute Gasteiger partial charge is 0.325 e. The van der Waals surface area contributed by atoms with Crippen molar-refractivity contribution < 1.29 is 0 Å². The van der Waals surface area contributed by atoms with Crippen LogP contribution in [-0.2, 0) is 13.5 Å². The van der Waals surface area contributed by atoms with Gasteiger partial charge in [-0.15, -0.1) is 0 Å². The molecule has 0 spiro atoms. The van der Waals surface area contributed by atoms with Gasteiger partial charge in [-0.3, -0.25) is 4.68 Å². The summed E-state index contributed by atoms with van der Waals surface area (Å²) in [6.07, 6.45) is 3.44. The Morgan fingerprint density at radius 2 is 2.29 bits per heavy atom. The van der Waals surface area contributed by atoms with E-state index in [2.05, 4.69) is 30.9 Å². The molecule has 2 unspecified atom stereocenters. The number of hydrogen-bond acceptors (Lipinski definition) is 3. The first kappa shape index (κ1) is 11.2. The summed E-state index contributed by atoms with van der Waals surface area (Å²) in [7, 11) is 1.90. The number of nitrogens with zero attached hydrogens (tertiary/aromatic N) is 3. The van der Waals surface area contributed by atoms with Gasteiger partial charge in [0.15, 0.2) is 0 Å². The SMILES string of the molecule is CCC(C)C(C)(N)Cc1ncnn1C. The van der Waals surface area contributed by atoms with E-state index in [1.165, 1.54) is 0 Å². The molecule has 0 aromatic carbocycles. The van der Waals surface area contributed by atoms with E-state index in [0.717, 1.165) is 18.7 Å². The molecule has 0 aliphatic carbocycles. The highest BCUT2D eigenvalue weighted by Gasteiger charge is 2.27. The Hall–Kier alpha value is -0.900. The van der Waals surface area contributed by atoms with E-state index in [1.807, 2.05) is 7.05 Å². The van der Waals surface area contributed by atoms with Gasteiger partial charge in [-0.05, 0) is 12.8 Å². The molecule has 1 heterocycles. The van der Waals surface area contributed by atoms with Crippen LogP contribution in [0.3, 0.4) is 0 Å². The van der Waals surface area contributed by atoms with Crippen molar-refractivity contribution in [2.45, 2.75) is 39.2 Å².